The lowest BCUT2D eigenvalue weighted by atomic mass is 10.2. The maximum atomic E-state index is 12.2. The van der Waals surface area contributed by atoms with Gasteiger partial charge in [0.2, 0.25) is 0 Å². The number of hydrogen-bond donors (Lipinski definition) is 1. The molecule has 21 heavy (non-hydrogen) atoms. The van der Waals surface area contributed by atoms with Crippen LogP contribution in [0.15, 0.2) is 29.3 Å². The molecule has 1 aromatic rings. The highest BCUT2D eigenvalue weighted by molar-refractivity contribution is 5.78. The van der Waals surface area contributed by atoms with E-state index in [0.29, 0.717) is 17.6 Å². The first kappa shape index (κ1) is 15.5. The van der Waals surface area contributed by atoms with Gasteiger partial charge in [0.15, 0.2) is 12.6 Å². The van der Waals surface area contributed by atoms with Crippen LogP contribution in [0.25, 0.3) is 0 Å². The van der Waals surface area contributed by atoms with E-state index in [4.69, 9.17) is 10.5 Å². The topological polar surface area (TPSA) is 50.8 Å². The molecule has 4 nitrogen and oxygen atoms in total. The lowest BCUT2D eigenvalue weighted by molar-refractivity contribution is -0.153. The fraction of sp³-hybridized carbons (Fsp3) is 0.500. The number of nitrogens with zero attached hydrogens (tertiary/aromatic N) is 2. The van der Waals surface area contributed by atoms with Crippen LogP contribution in [0.2, 0.25) is 0 Å². The molecule has 0 spiro atoms. The maximum Gasteiger partial charge on any atom is 0.422 e. The Hall–Kier alpha value is -1.92. The Bertz CT molecular complexity index is 512. The SMILES string of the molecule is CN(C(N)=NCc1ccccc1OCC(F)(F)F)C1CC1. The van der Waals surface area contributed by atoms with Crippen molar-refractivity contribution in [3.05, 3.63) is 29.8 Å². The van der Waals surface area contributed by atoms with Gasteiger partial charge in [-0.15, -0.1) is 0 Å². The molecule has 0 saturated heterocycles. The second-order valence-corrected chi connectivity index (χ2v) is 5.03. The van der Waals surface area contributed by atoms with Crippen molar-refractivity contribution in [1.29, 1.82) is 0 Å². The van der Waals surface area contributed by atoms with E-state index >= 15 is 0 Å². The van der Waals surface area contributed by atoms with Crippen molar-refractivity contribution in [2.24, 2.45) is 10.7 Å². The van der Waals surface area contributed by atoms with E-state index < -0.39 is 12.8 Å². The zero-order chi connectivity index (χ0) is 15.5. The third-order valence-corrected chi connectivity index (χ3v) is 3.23. The third-order valence-electron chi connectivity index (χ3n) is 3.23. The molecule has 1 saturated carbocycles. The van der Waals surface area contributed by atoms with E-state index in [0.717, 1.165) is 12.8 Å². The number of ether oxygens (including phenoxy) is 1. The minimum absolute atomic E-state index is 0.181. The fourth-order valence-electron chi connectivity index (χ4n) is 1.86. The van der Waals surface area contributed by atoms with E-state index in [9.17, 15) is 13.2 Å². The van der Waals surface area contributed by atoms with Gasteiger partial charge in [-0.1, -0.05) is 18.2 Å². The van der Waals surface area contributed by atoms with Gasteiger partial charge in [-0.05, 0) is 18.9 Å². The Balaban J connectivity index is 2.00. The summed E-state index contributed by atoms with van der Waals surface area (Å²) < 4.78 is 41.4. The lowest BCUT2D eigenvalue weighted by Gasteiger charge is -2.17. The number of benzene rings is 1. The molecule has 1 fully saturated rings. The monoisotopic (exact) mass is 301 g/mol. The molecule has 0 bridgehead atoms. The van der Waals surface area contributed by atoms with Gasteiger partial charge in [-0.25, -0.2) is 4.99 Å². The molecule has 7 heteroatoms. The molecule has 0 amide bonds. The Morgan fingerprint density at radius 2 is 2.05 bits per heavy atom. The maximum absolute atomic E-state index is 12.2. The predicted molar refractivity (Wildman–Crippen MR) is 74.1 cm³/mol. The smallest absolute Gasteiger partial charge is 0.422 e. The average molecular weight is 301 g/mol. The van der Waals surface area contributed by atoms with Gasteiger partial charge >= 0.3 is 6.18 Å². The van der Waals surface area contributed by atoms with Crippen molar-refractivity contribution >= 4 is 5.96 Å². The molecule has 116 valence electrons. The molecule has 1 aromatic carbocycles. The van der Waals surface area contributed by atoms with Crippen LogP contribution in [-0.4, -0.2) is 36.7 Å². The number of halogens is 3. The molecule has 1 aliphatic carbocycles. The summed E-state index contributed by atoms with van der Waals surface area (Å²) in [4.78, 5) is 6.11. The number of aliphatic imine (C=N–C) groups is 1. The molecule has 0 heterocycles. The Morgan fingerprint density at radius 3 is 2.67 bits per heavy atom. The number of hydrogen-bond acceptors (Lipinski definition) is 2. The molecule has 2 rings (SSSR count). The van der Waals surface area contributed by atoms with Gasteiger partial charge in [0.05, 0.1) is 6.54 Å². The van der Waals surface area contributed by atoms with E-state index in [-0.39, 0.29) is 12.3 Å². The van der Waals surface area contributed by atoms with Crippen LogP contribution in [0, 0.1) is 0 Å². The summed E-state index contributed by atoms with van der Waals surface area (Å²) >= 11 is 0. The van der Waals surface area contributed by atoms with Crippen LogP contribution in [0.3, 0.4) is 0 Å². The number of guanidine groups is 1. The van der Waals surface area contributed by atoms with Crippen molar-refractivity contribution in [3.8, 4) is 5.75 Å². The summed E-state index contributed by atoms with van der Waals surface area (Å²) in [6.45, 7) is -1.12. The predicted octanol–water partition coefficient (Wildman–Crippen LogP) is 2.54. The minimum atomic E-state index is -4.36. The van der Waals surface area contributed by atoms with Gasteiger partial charge in [-0.3, -0.25) is 0 Å². The first-order valence-electron chi connectivity index (χ1n) is 6.67. The molecule has 1 aliphatic rings. The molecular weight excluding hydrogens is 283 g/mol. The number of nitrogens with two attached hydrogens (primary N) is 1. The number of alkyl halides is 3. The fourth-order valence-corrected chi connectivity index (χ4v) is 1.86. The summed E-state index contributed by atoms with van der Waals surface area (Å²) in [7, 11) is 1.86. The first-order valence-corrected chi connectivity index (χ1v) is 6.67. The van der Waals surface area contributed by atoms with Crippen molar-refractivity contribution in [2.45, 2.75) is 31.6 Å². The quantitative estimate of drug-likeness (QED) is 0.671. The van der Waals surface area contributed by atoms with Gasteiger partial charge in [-0.2, -0.15) is 13.2 Å². The Kier molecular flexibility index (Phi) is 4.59. The molecular formula is C14H18F3N3O. The standard InChI is InChI=1S/C14H18F3N3O/c1-20(11-6-7-11)13(18)19-8-10-4-2-3-5-12(10)21-9-14(15,16)17/h2-5,11H,6-9H2,1H3,(H2,18,19). The van der Waals surface area contributed by atoms with Gasteiger partial charge < -0.3 is 15.4 Å². The number of rotatable bonds is 5. The second kappa shape index (κ2) is 6.24. The van der Waals surface area contributed by atoms with Crippen LogP contribution in [0.5, 0.6) is 5.75 Å². The zero-order valence-corrected chi connectivity index (χ0v) is 11.7. The Labute approximate surface area is 121 Å². The van der Waals surface area contributed by atoms with Gasteiger partial charge in [0, 0.05) is 18.7 Å². The van der Waals surface area contributed by atoms with Crippen molar-refractivity contribution in [1.82, 2.24) is 4.90 Å². The van der Waals surface area contributed by atoms with E-state index in [2.05, 4.69) is 4.99 Å². The van der Waals surface area contributed by atoms with E-state index in [1.807, 2.05) is 11.9 Å². The Morgan fingerprint density at radius 1 is 1.38 bits per heavy atom. The van der Waals surface area contributed by atoms with Crippen molar-refractivity contribution < 1.29 is 17.9 Å². The van der Waals surface area contributed by atoms with Gasteiger partial charge in [0.1, 0.15) is 5.75 Å². The highest BCUT2D eigenvalue weighted by Gasteiger charge is 2.29. The molecule has 0 atom stereocenters. The summed E-state index contributed by atoms with van der Waals surface area (Å²) in [6.07, 6.45) is -2.17. The molecule has 0 radical (unpaired) electrons. The third kappa shape index (κ3) is 4.84. The van der Waals surface area contributed by atoms with Crippen LogP contribution in [0.1, 0.15) is 18.4 Å². The summed E-state index contributed by atoms with van der Waals surface area (Å²) in [5.41, 5.74) is 6.43. The van der Waals surface area contributed by atoms with Crippen LogP contribution in [-0.2, 0) is 6.54 Å². The van der Waals surface area contributed by atoms with Crippen molar-refractivity contribution in [3.63, 3.8) is 0 Å². The normalized spacial score (nSPS) is 15.9. The number of para-hydroxylation sites is 1. The van der Waals surface area contributed by atoms with Crippen LogP contribution >= 0.6 is 0 Å². The lowest BCUT2D eigenvalue weighted by Crippen LogP contribution is -2.35. The largest absolute Gasteiger partial charge is 0.484 e. The van der Waals surface area contributed by atoms with E-state index in [1.54, 1.807) is 18.2 Å². The summed E-state index contributed by atoms with van der Waals surface area (Å²) in [6, 6.07) is 6.97. The highest BCUT2D eigenvalue weighted by atomic mass is 19.4. The first-order chi connectivity index (χ1) is 9.87. The van der Waals surface area contributed by atoms with Crippen molar-refractivity contribution in [2.75, 3.05) is 13.7 Å². The summed E-state index contributed by atoms with van der Waals surface area (Å²) in [5, 5.41) is 0. The summed E-state index contributed by atoms with van der Waals surface area (Å²) in [5.74, 6) is 0.573. The van der Waals surface area contributed by atoms with Crippen LogP contribution in [0.4, 0.5) is 13.2 Å². The molecule has 0 aromatic heterocycles. The molecule has 0 aliphatic heterocycles. The van der Waals surface area contributed by atoms with E-state index in [1.165, 1.54) is 6.07 Å². The minimum Gasteiger partial charge on any atom is -0.484 e. The zero-order valence-electron chi connectivity index (χ0n) is 11.7. The van der Waals surface area contributed by atoms with Gasteiger partial charge in [0.25, 0.3) is 0 Å². The highest BCUT2D eigenvalue weighted by Crippen LogP contribution is 2.25. The molecule has 0 unspecified atom stereocenters. The molecule has 2 N–H and O–H groups in total. The average Bonchev–Trinajstić information content (AvgIpc) is 3.26. The van der Waals surface area contributed by atoms with Crippen LogP contribution < -0.4 is 10.5 Å². The second-order valence-electron chi connectivity index (χ2n) is 5.03.